The summed E-state index contributed by atoms with van der Waals surface area (Å²) in [5.41, 5.74) is 3.15. The summed E-state index contributed by atoms with van der Waals surface area (Å²) in [6.07, 6.45) is 1.36. The SMILES string of the molecule is CCn1c2ccccc2c2cc(NC(=O)[C@H]3CS[C@@]4(C)CCC(=O)N34)ccc21. The van der Waals surface area contributed by atoms with Gasteiger partial charge in [-0.05, 0) is 44.5 Å². The van der Waals surface area contributed by atoms with Gasteiger partial charge in [0.2, 0.25) is 11.8 Å². The molecule has 1 aromatic heterocycles. The van der Waals surface area contributed by atoms with Crippen LogP contribution in [0.4, 0.5) is 5.69 Å². The van der Waals surface area contributed by atoms with Gasteiger partial charge >= 0.3 is 0 Å². The molecule has 2 atom stereocenters. The van der Waals surface area contributed by atoms with Crippen molar-refractivity contribution in [1.29, 1.82) is 0 Å². The molecule has 1 N–H and O–H groups in total. The van der Waals surface area contributed by atoms with Crippen molar-refractivity contribution in [3.05, 3.63) is 42.5 Å². The molecule has 2 amide bonds. The molecule has 5 nitrogen and oxygen atoms in total. The molecule has 2 saturated heterocycles. The van der Waals surface area contributed by atoms with Gasteiger partial charge in [0.1, 0.15) is 6.04 Å². The van der Waals surface area contributed by atoms with Gasteiger partial charge in [-0.2, -0.15) is 0 Å². The van der Waals surface area contributed by atoms with E-state index in [1.54, 1.807) is 16.7 Å². The van der Waals surface area contributed by atoms with E-state index in [0.29, 0.717) is 12.2 Å². The van der Waals surface area contributed by atoms with E-state index in [0.717, 1.165) is 24.0 Å². The van der Waals surface area contributed by atoms with Gasteiger partial charge in [0.15, 0.2) is 0 Å². The van der Waals surface area contributed by atoms with Crippen LogP contribution in [-0.2, 0) is 16.1 Å². The van der Waals surface area contributed by atoms with Gasteiger partial charge in [-0.3, -0.25) is 9.59 Å². The smallest absolute Gasteiger partial charge is 0.248 e. The molecule has 0 saturated carbocycles. The number of hydrogen-bond donors (Lipinski definition) is 1. The highest BCUT2D eigenvalue weighted by molar-refractivity contribution is 8.01. The summed E-state index contributed by atoms with van der Waals surface area (Å²) in [6, 6.07) is 14.0. The molecule has 2 fully saturated rings. The lowest BCUT2D eigenvalue weighted by Gasteiger charge is -2.29. The number of rotatable bonds is 3. The molecule has 0 radical (unpaired) electrons. The van der Waals surface area contributed by atoms with Crippen LogP contribution in [0.1, 0.15) is 26.7 Å². The molecule has 0 aliphatic carbocycles. The number of para-hydroxylation sites is 1. The standard InChI is InChI=1S/C22H23N3O2S/c1-3-24-17-7-5-4-6-15(17)16-12-14(8-9-18(16)24)23-21(27)19-13-28-22(2)11-10-20(26)25(19)22/h4-9,12,19H,3,10-11,13H2,1-2H3,(H,23,27)/t19-,22+/m1/s1. The summed E-state index contributed by atoms with van der Waals surface area (Å²) < 4.78 is 2.29. The molecular weight excluding hydrogens is 370 g/mol. The molecule has 2 aliphatic heterocycles. The topological polar surface area (TPSA) is 54.3 Å². The average molecular weight is 394 g/mol. The van der Waals surface area contributed by atoms with Crippen LogP contribution in [-0.4, -0.2) is 37.9 Å². The predicted octanol–water partition coefficient (Wildman–Crippen LogP) is 4.21. The lowest BCUT2D eigenvalue weighted by molar-refractivity contribution is -0.135. The average Bonchev–Trinajstić information content (AvgIpc) is 3.30. The minimum Gasteiger partial charge on any atom is -0.341 e. The van der Waals surface area contributed by atoms with E-state index in [9.17, 15) is 9.59 Å². The number of carbonyl (C=O) groups excluding carboxylic acids is 2. The number of amides is 2. The fraction of sp³-hybridized carbons (Fsp3) is 0.364. The largest absolute Gasteiger partial charge is 0.341 e. The number of benzene rings is 2. The predicted molar refractivity (Wildman–Crippen MR) is 114 cm³/mol. The third-order valence-electron chi connectivity index (χ3n) is 6.10. The Hall–Kier alpha value is -2.47. The zero-order valence-electron chi connectivity index (χ0n) is 16.1. The number of hydrogen-bond acceptors (Lipinski definition) is 3. The van der Waals surface area contributed by atoms with Crippen molar-refractivity contribution in [2.45, 2.75) is 44.1 Å². The monoisotopic (exact) mass is 393 g/mol. The summed E-state index contributed by atoms with van der Waals surface area (Å²) in [6.45, 7) is 5.11. The van der Waals surface area contributed by atoms with Crippen molar-refractivity contribution >= 4 is 51.1 Å². The Bertz CT molecular complexity index is 1120. The summed E-state index contributed by atoms with van der Waals surface area (Å²) in [5, 5.41) is 5.39. The molecule has 5 rings (SSSR count). The third kappa shape index (κ3) is 2.47. The van der Waals surface area contributed by atoms with E-state index in [2.05, 4.69) is 54.1 Å². The Morgan fingerprint density at radius 1 is 1.21 bits per heavy atom. The number of carbonyl (C=O) groups is 2. The molecule has 3 heterocycles. The molecule has 2 aliphatic rings. The van der Waals surface area contributed by atoms with Crippen molar-refractivity contribution in [2.75, 3.05) is 11.1 Å². The van der Waals surface area contributed by atoms with E-state index in [4.69, 9.17) is 0 Å². The number of anilines is 1. The Labute approximate surface area is 168 Å². The van der Waals surface area contributed by atoms with Crippen LogP contribution in [0.3, 0.4) is 0 Å². The molecule has 28 heavy (non-hydrogen) atoms. The Balaban J connectivity index is 1.48. The highest BCUT2D eigenvalue weighted by Crippen LogP contribution is 2.47. The second-order valence-corrected chi connectivity index (χ2v) is 9.25. The van der Waals surface area contributed by atoms with Crippen LogP contribution in [0, 0.1) is 0 Å². The molecule has 3 aromatic rings. The van der Waals surface area contributed by atoms with Crippen molar-refractivity contribution in [3.8, 4) is 0 Å². The van der Waals surface area contributed by atoms with Crippen LogP contribution in [0.2, 0.25) is 0 Å². The van der Waals surface area contributed by atoms with E-state index in [1.807, 2.05) is 12.1 Å². The molecule has 144 valence electrons. The van der Waals surface area contributed by atoms with E-state index >= 15 is 0 Å². The van der Waals surface area contributed by atoms with E-state index < -0.39 is 6.04 Å². The maximum Gasteiger partial charge on any atom is 0.248 e. The van der Waals surface area contributed by atoms with Gasteiger partial charge in [0.25, 0.3) is 0 Å². The number of aromatic nitrogens is 1. The number of nitrogens with zero attached hydrogens (tertiary/aromatic N) is 2. The first-order chi connectivity index (χ1) is 13.5. The van der Waals surface area contributed by atoms with Crippen molar-refractivity contribution in [1.82, 2.24) is 9.47 Å². The molecule has 0 unspecified atom stereocenters. The Kier molecular flexibility index (Phi) is 3.95. The van der Waals surface area contributed by atoms with Gasteiger partial charge < -0.3 is 14.8 Å². The molecule has 6 heteroatoms. The number of thioether (sulfide) groups is 1. The van der Waals surface area contributed by atoms with Gasteiger partial charge in [-0.25, -0.2) is 0 Å². The molecule has 0 spiro atoms. The minimum absolute atomic E-state index is 0.0918. The van der Waals surface area contributed by atoms with Gasteiger partial charge in [0, 0.05) is 46.2 Å². The second kappa shape index (κ2) is 6.27. The quantitative estimate of drug-likeness (QED) is 0.725. The maximum absolute atomic E-state index is 13.0. The van der Waals surface area contributed by atoms with Crippen LogP contribution >= 0.6 is 11.8 Å². The molecular formula is C22H23N3O2S. The lowest BCUT2D eigenvalue weighted by Crippen LogP contribution is -2.48. The maximum atomic E-state index is 13.0. The first kappa shape index (κ1) is 17.6. The Morgan fingerprint density at radius 3 is 2.82 bits per heavy atom. The fourth-order valence-corrected chi connectivity index (χ4v) is 6.14. The first-order valence-electron chi connectivity index (χ1n) is 9.80. The molecule has 0 bridgehead atoms. The summed E-state index contributed by atoms with van der Waals surface area (Å²) in [4.78, 5) is 26.9. The van der Waals surface area contributed by atoms with E-state index in [-0.39, 0.29) is 16.7 Å². The fourth-order valence-electron chi connectivity index (χ4n) is 4.71. The number of fused-ring (bicyclic) bond motifs is 4. The van der Waals surface area contributed by atoms with Crippen LogP contribution < -0.4 is 5.32 Å². The summed E-state index contributed by atoms with van der Waals surface area (Å²) in [5.74, 6) is 0.657. The van der Waals surface area contributed by atoms with Gasteiger partial charge in [-0.1, -0.05) is 18.2 Å². The molecule has 2 aromatic carbocycles. The Morgan fingerprint density at radius 2 is 2.00 bits per heavy atom. The normalized spacial score (nSPS) is 24.3. The van der Waals surface area contributed by atoms with Crippen LogP contribution in [0.5, 0.6) is 0 Å². The summed E-state index contributed by atoms with van der Waals surface area (Å²) in [7, 11) is 0. The van der Waals surface area contributed by atoms with Crippen LogP contribution in [0.25, 0.3) is 21.8 Å². The second-order valence-electron chi connectivity index (χ2n) is 7.75. The highest BCUT2D eigenvalue weighted by atomic mass is 32.2. The first-order valence-corrected chi connectivity index (χ1v) is 10.8. The minimum atomic E-state index is -0.391. The van der Waals surface area contributed by atoms with Crippen molar-refractivity contribution in [2.24, 2.45) is 0 Å². The van der Waals surface area contributed by atoms with Crippen LogP contribution in [0.15, 0.2) is 42.5 Å². The highest BCUT2D eigenvalue weighted by Gasteiger charge is 2.52. The lowest BCUT2D eigenvalue weighted by atomic mass is 10.1. The summed E-state index contributed by atoms with van der Waals surface area (Å²) >= 11 is 1.72. The zero-order chi connectivity index (χ0) is 19.5. The third-order valence-corrected chi connectivity index (χ3v) is 7.61. The van der Waals surface area contributed by atoms with Gasteiger partial charge in [0.05, 0.1) is 4.87 Å². The number of aryl methyl sites for hydroxylation is 1. The van der Waals surface area contributed by atoms with Gasteiger partial charge in [-0.15, -0.1) is 11.8 Å². The zero-order valence-corrected chi connectivity index (χ0v) is 16.9. The number of nitrogens with one attached hydrogen (secondary N) is 1. The van der Waals surface area contributed by atoms with Crippen molar-refractivity contribution in [3.63, 3.8) is 0 Å². The van der Waals surface area contributed by atoms with Crippen molar-refractivity contribution < 1.29 is 9.59 Å². The van der Waals surface area contributed by atoms with E-state index in [1.165, 1.54) is 16.4 Å².